The third kappa shape index (κ3) is 5.48. The van der Waals surface area contributed by atoms with Gasteiger partial charge in [0.05, 0.1) is 17.6 Å². The summed E-state index contributed by atoms with van der Waals surface area (Å²) in [6, 6.07) is 27.4. The van der Waals surface area contributed by atoms with Crippen LogP contribution in [0.4, 0.5) is 0 Å². The van der Waals surface area contributed by atoms with E-state index in [1.54, 1.807) is 12.1 Å². The molecule has 36 heavy (non-hydrogen) atoms. The summed E-state index contributed by atoms with van der Waals surface area (Å²) >= 11 is 0. The number of fused-ring (bicyclic) bond motifs is 1. The molecule has 0 aliphatic heterocycles. The van der Waals surface area contributed by atoms with Crippen LogP contribution in [0.15, 0.2) is 84.9 Å². The molecule has 3 aromatic carbocycles. The molecule has 1 fully saturated rings. The van der Waals surface area contributed by atoms with Crippen LogP contribution < -0.4 is 5.32 Å². The van der Waals surface area contributed by atoms with E-state index in [1.807, 2.05) is 65.2 Å². The van der Waals surface area contributed by atoms with Gasteiger partial charge in [0.25, 0.3) is 5.91 Å². The van der Waals surface area contributed by atoms with Gasteiger partial charge in [0.2, 0.25) is 5.91 Å². The molecule has 0 spiro atoms. The van der Waals surface area contributed by atoms with E-state index in [0.717, 1.165) is 42.3 Å². The molecule has 0 radical (unpaired) electrons. The van der Waals surface area contributed by atoms with Gasteiger partial charge in [0, 0.05) is 18.2 Å². The molecule has 6 nitrogen and oxygen atoms in total. The number of benzene rings is 3. The summed E-state index contributed by atoms with van der Waals surface area (Å²) in [5.41, 5.74) is 3.46. The SMILES string of the molecule is O=C(NCc1nc2ccccc2n1CC(=O)N(Cc1ccccc1)C1CCCCC1)c1ccccc1. The number of nitrogens with zero attached hydrogens (tertiary/aromatic N) is 3. The van der Waals surface area contributed by atoms with Crippen molar-refractivity contribution in [1.82, 2.24) is 19.8 Å². The normalized spacial score (nSPS) is 14.0. The van der Waals surface area contributed by atoms with Gasteiger partial charge in [-0.1, -0.05) is 79.9 Å². The summed E-state index contributed by atoms with van der Waals surface area (Å²) in [6.07, 6.45) is 5.65. The highest BCUT2D eigenvalue weighted by molar-refractivity contribution is 5.94. The summed E-state index contributed by atoms with van der Waals surface area (Å²) in [6.45, 7) is 1.05. The molecule has 1 N–H and O–H groups in total. The molecular formula is C30H32N4O2. The lowest BCUT2D eigenvalue weighted by atomic mass is 9.93. The van der Waals surface area contributed by atoms with E-state index < -0.39 is 0 Å². The lowest BCUT2D eigenvalue weighted by Gasteiger charge is -2.35. The Morgan fingerprint density at radius 2 is 1.53 bits per heavy atom. The van der Waals surface area contributed by atoms with Gasteiger partial charge in [-0.3, -0.25) is 9.59 Å². The van der Waals surface area contributed by atoms with Crippen molar-refractivity contribution in [2.75, 3.05) is 0 Å². The highest BCUT2D eigenvalue weighted by Gasteiger charge is 2.27. The van der Waals surface area contributed by atoms with Gasteiger partial charge in [0.15, 0.2) is 0 Å². The van der Waals surface area contributed by atoms with Crippen LogP contribution in [0.3, 0.4) is 0 Å². The molecule has 1 aliphatic carbocycles. The first-order chi connectivity index (χ1) is 17.7. The minimum absolute atomic E-state index is 0.0875. The molecule has 2 amide bonds. The van der Waals surface area contributed by atoms with Gasteiger partial charge in [0.1, 0.15) is 12.4 Å². The minimum Gasteiger partial charge on any atom is -0.345 e. The summed E-state index contributed by atoms with van der Waals surface area (Å²) in [5, 5.41) is 2.98. The first-order valence-corrected chi connectivity index (χ1v) is 12.8. The van der Waals surface area contributed by atoms with E-state index in [1.165, 1.54) is 6.42 Å². The van der Waals surface area contributed by atoms with Crippen LogP contribution in [0.1, 0.15) is 53.8 Å². The van der Waals surface area contributed by atoms with Gasteiger partial charge in [-0.25, -0.2) is 4.98 Å². The summed E-state index contributed by atoms with van der Waals surface area (Å²) in [7, 11) is 0. The van der Waals surface area contributed by atoms with Crippen LogP contribution in [-0.4, -0.2) is 32.3 Å². The molecule has 0 atom stereocenters. The van der Waals surface area contributed by atoms with Crippen molar-refractivity contribution in [3.05, 3.63) is 102 Å². The Hall–Kier alpha value is -3.93. The standard InChI is InChI=1S/C30H32N4O2/c35-29(33(25-16-8-3-9-17-25)21-23-12-4-1-5-13-23)22-34-27-19-11-10-18-26(27)32-28(34)20-31-30(36)24-14-6-2-7-15-24/h1-2,4-7,10-15,18-19,25H,3,8-9,16-17,20-22H2,(H,31,36). The molecular weight excluding hydrogens is 448 g/mol. The number of hydrogen-bond donors (Lipinski definition) is 1. The fourth-order valence-corrected chi connectivity index (χ4v) is 5.11. The largest absolute Gasteiger partial charge is 0.345 e. The zero-order chi connectivity index (χ0) is 24.7. The molecule has 184 valence electrons. The van der Waals surface area contributed by atoms with Gasteiger partial charge in [-0.2, -0.15) is 0 Å². The first kappa shape index (κ1) is 23.8. The molecule has 1 aromatic heterocycles. The number of amides is 2. The van der Waals surface area contributed by atoms with Crippen molar-refractivity contribution in [2.45, 2.75) is 57.8 Å². The number of rotatable bonds is 8. The molecule has 0 unspecified atom stereocenters. The third-order valence-electron chi connectivity index (χ3n) is 7.00. The molecule has 1 aliphatic rings. The zero-order valence-corrected chi connectivity index (χ0v) is 20.5. The molecule has 5 rings (SSSR count). The smallest absolute Gasteiger partial charge is 0.251 e. The Labute approximate surface area is 212 Å². The number of aromatic nitrogens is 2. The van der Waals surface area contributed by atoms with Crippen LogP contribution in [0, 0.1) is 0 Å². The number of imidazole rings is 1. The topological polar surface area (TPSA) is 67.2 Å². The van der Waals surface area contributed by atoms with Crippen molar-refractivity contribution < 1.29 is 9.59 Å². The van der Waals surface area contributed by atoms with Gasteiger partial charge in [-0.15, -0.1) is 0 Å². The van der Waals surface area contributed by atoms with Gasteiger partial charge >= 0.3 is 0 Å². The van der Waals surface area contributed by atoms with Crippen LogP contribution in [0.5, 0.6) is 0 Å². The van der Waals surface area contributed by atoms with E-state index in [9.17, 15) is 9.59 Å². The maximum Gasteiger partial charge on any atom is 0.251 e. The van der Waals surface area contributed by atoms with Crippen LogP contribution in [-0.2, 0) is 24.4 Å². The molecule has 0 bridgehead atoms. The van der Waals surface area contributed by atoms with Crippen LogP contribution >= 0.6 is 0 Å². The second kappa shape index (κ2) is 11.2. The maximum atomic E-state index is 13.9. The van der Waals surface area contributed by atoms with Crippen molar-refractivity contribution >= 4 is 22.8 Å². The second-order valence-corrected chi connectivity index (χ2v) is 9.45. The van der Waals surface area contributed by atoms with E-state index in [-0.39, 0.29) is 30.9 Å². The number of para-hydroxylation sites is 2. The predicted octanol–water partition coefficient (Wildman–Crippen LogP) is 5.33. The number of carbonyl (C=O) groups is 2. The van der Waals surface area contributed by atoms with Gasteiger partial charge in [-0.05, 0) is 42.7 Å². The fourth-order valence-electron chi connectivity index (χ4n) is 5.11. The Morgan fingerprint density at radius 3 is 2.28 bits per heavy atom. The molecule has 1 heterocycles. The van der Waals surface area contributed by atoms with E-state index in [0.29, 0.717) is 17.9 Å². The fraction of sp³-hybridized carbons (Fsp3) is 0.300. The monoisotopic (exact) mass is 480 g/mol. The van der Waals surface area contributed by atoms with E-state index in [2.05, 4.69) is 22.3 Å². The quantitative estimate of drug-likeness (QED) is 0.371. The second-order valence-electron chi connectivity index (χ2n) is 9.45. The molecule has 0 saturated heterocycles. The van der Waals surface area contributed by atoms with E-state index in [4.69, 9.17) is 4.98 Å². The van der Waals surface area contributed by atoms with Crippen molar-refractivity contribution in [3.63, 3.8) is 0 Å². The minimum atomic E-state index is -0.159. The maximum absolute atomic E-state index is 13.9. The average Bonchev–Trinajstić information content (AvgIpc) is 3.29. The third-order valence-corrected chi connectivity index (χ3v) is 7.00. The van der Waals surface area contributed by atoms with Crippen molar-refractivity contribution in [1.29, 1.82) is 0 Å². The highest BCUT2D eigenvalue weighted by Crippen LogP contribution is 2.25. The van der Waals surface area contributed by atoms with Gasteiger partial charge < -0.3 is 14.8 Å². The predicted molar refractivity (Wildman–Crippen MR) is 141 cm³/mol. The Bertz CT molecular complexity index is 1310. The highest BCUT2D eigenvalue weighted by atomic mass is 16.2. The Morgan fingerprint density at radius 1 is 0.861 bits per heavy atom. The molecule has 1 saturated carbocycles. The van der Waals surface area contributed by atoms with Crippen LogP contribution in [0.2, 0.25) is 0 Å². The lowest BCUT2D eigenvalue weighted by Crippen LogP contribution is -2.42. The number of hydrogen-bond acceptors (Lipinski definition) is 3. The van der Waals surface area contributed by atoms with Crippen LogP contribution in [0.25, 0.3) is 11.0 Å². The first-order valence-electron chi connectivity index (χ1n) is 12.8. The summed E-state index contributed by atoms with van der Waals surface area (Å²) in [5.74, 6) is 0.607. The van der Waals surface area contributed by atoms with Crippen molar-refractivity contribution in [3.8, 4) is 0 Å². The Balaban J connectivity index is 1.39. The van der Waals surface area contributed by atoms with Crippen molar-refractivity contribution in [2.24, 2.45) is 0 Å². The summed E-state index contributed by atoms with van der Waals surface area (Å²) in [4.78, 5) is 33.4. The average molecular weight is 481 g/mol. The van der Waals surface area contributed by atoms with E-state index >= 15 is 0 Å². The molecule has 4 aromatic rings. The number of nitrogens with one attached hydrogen (secondary N) is 1. The number of carbonyl (C=O) groups excluding carboxylic acids is 2. The zero-order valence-electron chi connectivity index (χ0n) is 20.5. The molecule has 6 heteroatoms. The Kier molecular flexibility index (Phi) is 7.41. The lowest BCUT2D eigenvalue weighted by molar-refractivity contribution is -0.135. The summed E-state index contributed by atoms with van der Waals surface area (Å²) < 4.78 is 1.96.